The van der Waals surface area contributed by atoms with Gasteiger partial charge < -0.3 is 55.1 Å². The number of nitrogens with one attached hydrogen (secondary N) is 3. The van der Waals surface area contributed by atoms with Crippen molar-refractivity contribution in [2.24, 2.45) is 0 Å². The molecule has 0 unspecified atom stereocenters. The summed E-state index contributed by atoms with van der Waals surface area (Å²) < 4.78 is 28.5. The van der Waals surface area contributed by atoms with Gasteiger partial charge in [-0.15, -0.1) is 23.2 Å². The molecular weight excluding hydrogens is 1380 g/mol. The number of amides is 2. The van der Waals surface area contributed by atoms with Crippen molar-refractivity contribution in [3.8, 4) is 69.1 Å². The van der Waals surface area contributed by atoms with E-state index in [2.05, 4.69) is 75.3 Å². The largest absolute Gasteiger partial charge is 0.444 e. The van der Waals surface area contributed by atoms with Crippen molar-refractivity contribution in [2.75, 3.05) is 54.4 Å². The number of halogens is 2. The molecule has 2 amide bonds. The lowest BCUT2D eigenvalue weighted by Gasteiger charge is -2.29. The number of carbonyl (C=O) groups excluding carboxylic acids is 3. The number of hydrogen-bond acceptors (Lipinski definition) is 21. The number of aldehydes is 1. The van der Waals surface area contributed by atoms with Gasteiger partial charge >= 0.3 is 12.2 Å². The predicted molar refractivity (Wildman–Crippen MR) is 411 cm³/mol. The van der Waals surface area contributed by atoms with Crippen LogP contribution < -0.4 is 35.9 Å². The first kappa shape index (κ1) is 84.0. The number of rotatable bonds is 16. The Morgan fingerprint density at radius 2 is 0.971 bits per heavy atom. The van der Waals surface area contributed by atoms with Crippen LogP contribution in [0.4, 0.5) is 43.7 Å². The van der Waals surface area contributed by atoms with Gasteiger partial charge in [0.15, 0.2) is 34.5 Å². The maximum Gasteiger partial charge on any atom is 0.410 e. The van der Waals surface area contributed by atoms with Gasteiger partial charge in [0.05, 0.1) is 55.7 Å². The first-order valence-electron chi connectivity index (χ1n) is 32.6. The van der Waals surface area contributed by atoms with Crippen LogP contribution in [0.2, 0.25) is 0 Å². The topological polar surface area (TPSA) is 295 Å². The van der Waals surface area contributed by atoms with Crippen LogP contribution in [0.25, 0.3) is 48.7 Å². The molecular formula is C77H90Cl2N18O8. The van der Waals surface area contributed by atoms with Crippen molar-refractivity contribution in [1.82, 2.24) is 60.0 Å². The van der Waals surface area contributed by atoms with Crippen LogP contribution in [0, 0.1) is 19.7 Å². The van der Waals surface area contributed by atoms with E-state index in [0.29, 0.717) is 101 Å². The average Bonchev–Trinajstić information content (AvgIpc) is 1.18. The number of alkyl halides is 2. The Kier molecular flexibility index (Phi) is 33.7. The van der Waals surface area contributed by atoms with Crippen LogP contribution >= 0.6 is 23.2 Å². The molecule has 5 N–H and O–H groups in total. The minimum absolute atomic E-state index is 0. The number of ether oxygens (including phenoxy) is 5. The van der Waals surface area contributed by atoms with Gasteiger partial charge in [0.2, 0.25) is 17.6 Å². The summed E-state index contributed by atoms with van der Waals surface area (Å²) in [5.74, 6) is 4.02. The number of nitrogens with zero attached hydrogens (tertiary/aromatic N) is 14. The van der Waals surface area contributed by atoms with Gasteiger partial charge in [-0.05, 0) is 159 Å². The minimum atomic E-state index is -0.547. The zero-order valence-corrected chi connectivity index (χ0v) is 58.8. The number of anilines is 3. The quantitative estimate of drug-likeness (QED) is 0.0397. The molecule has 105 heavy (non-hydrogen) atoms. The highest BCUT2D eigenvalue weighted by Crippen LogP contribution is 2.35. The number of likely N-dealkylation sites (tertiary alicyclic amines) is 2. The maximum absolute atomic E-state index is 12.6. The predicted octanol–water partition coefficient (Wildman–Crippen LogP) is 18.1. The van der Waals surface area contributed by atoms with Gasteiger partial charge in [-0.3, -0.25) is 19.9 Å². The molecule has 3 aliphatic heterocycles. The second-order valence-corrected chi connectivity index (χ2v) is 25.6. The van der Waals surface area contributed by atoms with Crippen molar-refractivity contribution in [3.05, 3.63) is 199 Å². The summed E-state index contributed by atoms with van der Waals surface area (Å²) in [5.41, 5.74) is 10.2. The molecule has 0 radical (unpaired) electrons. The maximum atomic E-state index is 12.6. The second-order valence-electron chi connectivity index (χ2n) is 24.8. The molecule has 0 bridgehead atoms. The molecule has 3 atom stereocenters. The fourth-order valence-corrected chi connectivity index (χ4v) is 10.2. The highest BCUT2D eigenvalue weighted by molar-refractivity contribution is 6.40. The molecule has 9 heterocycles. The van der Waals surface area contributed by atoms with E-state index < -0.39 is 11.2 Å². The third-order valence-electron chi connectivity index (χ3n) is 14.8. The zero-order valence-electron chi connectivity index (χ0n) is 57.2. The molecule has 3 aliphatic rings. The van der Waals surface area contributed by atoms with E-state index in [0.717, 1.165) is 73.9 Å². The van der Waals surface area contributed by atoms with Crippen molar-refractivity contribution >= 4 is 75.8 Å². The van der Waals surface area contributed by atoms with Crippen molar-refractivity contribution < 1.29 is 38.1 Å². The van der Waals surface area contributed by atoms with E-state index >= 15 is 0 Å². The standard InChI is InChI=1S/C26H28N6O3.C21H20N6O.C16H11N5O.C10H17NO3.CH2Cl2.3CH4/c1-26(2,3)35-25(33)32-13-7-10-20(32)16-29-22-17-30-23(18-8-6-12-28-15-18)31-24(22)34-21-11-5-9-19(14-21)27-4;1-22-16-6-2-8-18(11-16)28-21-19(25-13-17-7-4-10-24-17)14-26-20(27-21)15-5-3-9-23-12-15;1-18-12-5-2-6-13(8-12)22-16-14(17)10-20-15(21-16)11-4-3-7-19-9-11;1-10(2,3)14-9(13)11-6-4-5-8(11)7-12;2-1-3;;;/h5-6,8-9,11-12,14-15,17,20,29H,7,10,13,16H2,1-3H3;2-3,5-6,8-9,11-12,14,17,24-25H,4,7,10,13H2;2-10H,17H2;7-8H,4-6H2,1-3H3;1H2;3*1H4/t20-;17-;;8-;;;;/m00.0..../s1. The molecule has 0 aliphatic carbocycles. The van der Waals surface area contributed by atoms with E-state index in [1.165, 1.54) is 17.5 Å². The van der Waals surface area contributed by atoms with E-state index in [4.69, 9.17) is 72.3 Å². The van der Waals surface area contributed by atoms with Gasteiger partial charge in [0, 0.05) is 86.1 Å². The lowest BCUT2D eigenvalue weighted by molar-refractivity contribution is -0.111. The third kappa shape index (κ3) is 26.6. The minimum Gasteiger partial charge on any atom is -0.444 e. The molecule has 28 heteroatoms. The number of pyridine rings is 3. The molecule has 0 spiro atoms. The van der Waals surface area contributed by atoms with E-state index in [1.54, 1.807) is 127 Å². The SMILES string of the molecule is C.C.C.CC(C)(C)OC(=O)N1CCC[C@H]1C=O.ClCCl.[C-]#[N+]c1cccc(Oc2nc(-c3cccnc3)ncc2N)c1.[C-]#[N+]c1cccc(Oc2nc(-c3cccnc3)ncc2NC[C@@H]2CCCN2)c1.[C-]#[N+]c1cccc(Oc2nc(-c3cccnc3)ncc2NC[C@@H]2CCCN2C(=O)OC(C)(C)C)c1. The summed E-state index contributed by atoms with van der Waals surface area (Å²) >= 11 is 9.53. The second kappa shape index (κ2) is 42.1. The fourth-order valence-electron chi connectivity index (χ4n) is 10.2. The molecule has 3 saturated heterocycles. The average molecular weight is 1470 g/mol. The Morgan fingerprint density at radius 3 is 1.38 bits per heavy atom. The van der Waals surface area contributed by atoms with Crippen LogP contribution in [0.5, 0.6) is 34.9 Å². The monoisotopic (exact) mass is 1460 g/mol. The lowest BCUT2D eigenvalue weighted by atomic mass is 10.2. The number of hydrogen-bond donors (Lipinski definition) is 4. The van der Waals surface area contributed by atoms with Crippen LogP contribution in [-0.2, 0) is 14.3 Å². The fraction of sp³-hybridized carbons (Fsp3) is 0.338. The Bertz CT molecular complexity index is 4340. The summed E-state index contributed by atoms with van der Waals surface area (Å²) in [6, 6.07) is 31.9. The van der Waals surface area contributed by atoms with E-state index in [-0.39, 0.29) is 57.8 Å². The van der Waals surface area contributed by atoms with Crippen LogP contribution in [-0.4, -0.2) is 141 Å². The normalized spacial score (nSPS) is 14.5. The smallest absolute Gasteiger partial charge is 0.410 e. The van der Waals surface area contributed by atoms with Crippen molar-refractivity contribution in [2.45, 2.75) is 132 Å². The molecule has 3 fully saturated rings. The molecule has 12 rings (SSSR count). The molecule has 550 valence electrons. The van der Waals surface area contributed by atoms with Crippen LogP contribution in [0.3, 0.4) is 0 Å². The van der Waals surface area contributed by atoms with Crippen LogP contribution in [0.1, 0.15) is 102 Å². The Morgan fingerprint density at radius 1 is 0.562 bits per heavy atom. The number of carbonyl (C=O) groups is 3. The highest BCUT2D eigenvalue weighted by atomic mass is 35.5. The Hall–Kier alpha value is -11.6. The molecule has 9 aromatic rings. The van der Waals surface area contributed by atoms with Crippen molar-refractivity contribution in [1.29, 1.82) is 0 Å². The van der Waals surface area contributed by atoms with E-state index in [1.807, 2.05) is 77.9 Å². The van der Waals surface area contributed by atoms with Gasteiger partial charge in [-0.1, -0.05) is 58.7 Å². The Balaban J connectivity index is 0.000000256. The van der Waals surface area contributed by atoms with Gasteiger partial charge in [0.1, 0.15) is 51.8 Å². The van der Waals surface area contributed by atoms with E-state index in [9.17, 15) is 14.4 Å². The van der Waals surface area contributed by atoms with Crippen molar-refractivity contribution in [3.63, 3.8) is 0 Å². The van der Waals surface area contributed by atoms with Gasteiger partial charge in [-0.2, -0.15) is 15.0 Å². The van der Waals surface area contributed by atoms with Gasteiger partial charge in [-0.25, -0.2) is 39.1 Å². The summed E-state index contributed by atoms with van der Waals surface area (Å²) in [5, 5.41) is 10.4. The van der Waals surface area contributed by atoms with Gasteiger partial charge in [0.25, 0.3) is 0 Å². The molecule has 3 aromatic carbocycles. The molecule has 26 nitrogen and oxygen atoms in total. The number of aromatic nitrogens is 9. The van der Waals surface area contributed by atoms with Crippen LogP contribution in [0.15, 0.2) is 165 Å². The first-order valence-corrected chi connectivity index (χ1v) is 33.6. The summed E-state index contributed by atoms with van der Waals surface area (Å²) in [6.07, 6.45) is 20.9. The summed E-state index contributed by atoms with van der Waals surface area (Å²) in [7, 11) is 0. The first-order chi connectivity index (χ1) is 49.2. The molecule has 0 saturated carbocycles. The highest BCUT2D eigenvalue weighted by Gasteiger charge is 2.34. The lowest BCUT2D eigenvalue weighted by Crippen LogP contribution is -2.42. The molecule has 6 aromatic heterocycles. The third-order valence-corrected chi connectivity index (χ3v) is 14.8. The number of nitrogen functional groups attached to an aromatic ring is 1. The number of benzene rings is 3. The zero-order chi connectivity index (χ0) is 72.9. The summed E-state index contributed by atoms with van der Waals surface area (Å²) in [6.45, 7) is 36.1. The number of nitrogens with two attached hydrogens (primary N) is 1. The summed E-state index contributed by atoms with van der Waals surface area (Å²) in [4.78, 5) is 87.4. The Labute approximate surface area is 625 Å².